The summed E-state index contributed by atoms with van der Waals surface area (Å²) in [7, 11) is 0. The van der Waals surface area contributed by atoms with Gasteiger partial charge in [0, 0.05) is 80.3 Å². The molecule has 8 aromatic heterocycles. The van der Waals surface area contributed by atoms with Crippen LogP contribution >= 0.6 is 0 Å². The lowest BCUT2D eigenvalue weighted by Crippen LogP contribution is -2.05. The first-order valence-corrected chi connectivity index (χ1v) is 23.0. The highest BCUT2D eigenvalue weighted by molar-refractivity contribution is 6.17. The Morgan fingerprint density at radius 3 is 1.18 bits per heavy atom. The molecule has 0 N–H and O–H groups in total. The van der Waals surface area contributed by atoms with E-state index in [1.54, 1.807) is 0 Å². The zero-order valence-corrected chi connectivity index (χ0v) is 36.5. The van der Waals surface area contributed by atoms with Crippen molar-refractivity contribution in [3.05, 3.63) is 206 Å². The first kappa shape index (κ1) is 37.1. The SMILES string of the molecule is c1ccc(-n2c3ccc(-c4cc5cccnc5c5ncccc45)cc3c3cc4c(cc32)-c2cc3c(cc2CC4)c2cc(-c4cc5cccnc5c5ncccc45)ccc2n3-c2ccccn2)nc1. The first-order chi connectivity index (χ1) is 33.7. The van der Waals surface area contributed by atoms with E-state index in [-0.39, 0.29) is 0 Å². The van der Waals surface area contributed by atoms with Crippen molar-refractivity contribution in [1.29, 1.82) is 0 Å². The van der Waals surface area contributed by atoms with Crippen LogP contribution in [0, 0.1) is 0 Å². The zero-order valence-electron chi connectivity index (χ0n) is 36.5. The molecule has 0 amide bonds. The van der Waals surface area contributed by atoms with Gasteiger partial charge in [-0.25, -0.2) is 9.97 Å². The van der Waals surface area contributed by atoms with Gasteiger partial charge in [0.15, 0.2) is 0 Å². The van der Waals surface area contributed by atoms with Crippen LogP contribution in [-0.4, -0.2) is 39.0 Å². The maximum Gasteiger partial charge on any atom is 0.137 e. The fourth-order valence-electron chi connectivity index (χ4n) is 11.2. The van der Waals surface area contributed by atoms with E-state index in [1.165, 1.54) is 43.8 Å². The van der Waals surface area contributed by atoms with Gasteiger partial charge in [-0.1, -0.05) is 48.5 Å². The lowest BCUT2D eigenvalue weighted by Gasteiger charge is -2.21. The van der Waals surface area contributed by atoms with Crippen LogP contribution in [0.1, 0.15) is 11.1 Å². The number of hydrogen-bond donors (Lipinski definition) is 0. The van der Waals surface area contributed by atoms with Crippen LogP contribution in [0.4, 0.5) is 0 Å². The fourth-order valence-corrected chi connectivity index (χ4v) is 11.2. The van der Waals surface area contributed by atoms with Crippen molar-refractivity contribution in [1.82, 2.24) is 39.0 Å². The van der Waals surface area contributed by atoms with Gasteiger partial charge < -0.3 is 0 Å². The molecule has 6 aromatic carbocycles. The van der Waals surface area contributed by atoms with Crippen molar-refractivity contribution in [3.63, 3.8) is 0 Å². The molecule has 0 fully saturated rings. The largest absolute Gasteiger partial charge is 0.294 e. The van der Waals surface area contributed by atoms with Gasteiger partial charge in [-0.2, -0.15) is 0 Å². The van der Waals surface area contributed by atoms with Crippen LogP contribution in [-0.2, 0) is 12.8 Å². The Hall–Kier alpha value is -9.14. The number of benzene rings is 6. The molecular formula is C60H36N8. The van der Waals surface area contributed by atoms with Gasteiger partial charge in [0.2, 0.25) is 0 Å². The first-order valence-electron chi connectivity index (χ1n) is 23.0. The van der Waals surface area contributed by atoms with E-state index in [4.69, 9.17) is 29.9 Å². The maximum absolute atomic E-state index is 4.94. The molecule has 0 radical (unpaired) electrons. The number of aromatic nitrogens is 8. The number of fused-ring (bicyclic) bond motifs is 15. The van der Waals surface area contributed by atoms with E-state index >= 15 is 0 Å². The number of hydrogen-bond acceptors (Lipinski definition) is 6. The van der Waals surface area contributed by atoms with Crippen molar-refractivity contribution in [2.24, 2.45) is 0 Å². The molecule has 1 aliphatic rings. The summed E-state index contributed by atoms with van der Waals surface area (Å²) >= 11 is 0. The Morgan fingerprint density at radius 2 is 0.721 bits per heavy atom. The minimum absolute atomic E-state index is 0.885. The summed E-state index contributed by atoms with van der Waals surface area (Å²) in [5.74, 6) is 1.77. The van der Waals surface area contributed by atoms with E-state index in [2.05, 4.69) is 130 Å². The van der Waals surface area contributed by atoms with Crippen LogP contribution < -0.4 is 0 Å². The minimum Gasteiger partial charge on any atom is -0.294 e. The van der Waals surface area contributed by atoms with Crippen LogP contribution in [0.3, 0.4) is 0 Å². The Balaban J connectivity index is 0.958. The Morgan fingerprint density at radius 1 is 0.294 bits per heavy atom. The van der Waals surface area contributed by atoms with E-state index in [0.29, 0.717) is 0 Å². The highest BCUT2D eigenvalue weighted by Gasteiger charge is 2.25. The number of pyridine rings is 6. The Kier molecular flexibility index (Phi) is 7.74. The lowest BCUT2D eigenvalue weighted by molar-refractivity contribution is 0.945. The van der Waals surface area contributed by atoms with Gasteiger partial charge in [0.25, 0.3) is 0 Å². The van der Waals surface area contributed by atoms with E-state index in [0.717, 1.165) is 112 Å². The third-order valence-corrected chi connectivity index (χ3v) is 14.2. The van der Waals surface area contributed by atoms with Gasteiger partial charge in [-0.3, -0.25) is 29.1 Å². The molecule has 8 nitrogen and oxygen atoms in total. The molecule has 0 aliphatic heterocycles. The van der Waals surface area contributed by atoms with Crippen molar-refractivity contribution < 1.29 is 0 Å². The molecule has 0 atom stereocenters. The minimum atomic E-state index is 0.885. The molecule has 0 spiro atoms. The Bertz CT molecular complexity index is 4150. The van der Waals surface area contributed by atoms with Crippen LogP contribution in [0.15, 0.2) is 195 Å². The predicted octanol–water partition coefficient (Wildman–Crippen LogP) is 14.0. The maximum atomic E-state index is 4.94. The molecule has 0 saturated heterocycles. The molecular weight excluding hydrogens is 833 g/mol. The average Bonchev–Trinajstić information content (AvgIpc) is 3.90. The highest BCUT2D eigenvalue weighted by Crippen LogP contribution is 2.46. The normalized spacial score (nSPS) is 12.6. The summed E-state index contributed by atoms with van der Waals surface area (Å²) < 4.78 is 4.67. The summed E-state index contributed by atoms with van der Waals surface area (Å²) in [5.41, 5.74) is 17.9. The van der Waals surface area contributed by atoms with Gasteiger partial charge in [0.05, 0.1) is 44.1 Å². The molecule has 15 rings (SSSR count). The van der Waals surface area contributed by atoms with Gasteiger partial charge in [0.1, 0.15) is 11.6 Å². The second-order valence-corrected chi connectivity index (χ2v) is 17.9. The zero-order chi connectivity index (χ0) is 44.5. The van der Waals surface area contributed by atoms with Crippen molar-refractivity contribution in [3.8, 4) is 45.0 Å². The van der Waals surface area contributed by atoms with Crippen LogP contribution in [0.5, 0.6) is 0 Å². The summed E-state index contributed by atoms with van der Waals surface area (Å²) in [4.78, 5) is 29.0. The average molecular weight is 869 g/mol. The van der Waals surface area contributed by atoms with Crippen molar-refractivity contribution in [2.45, 2.75) is 12.8 Å². The predicted molar refractivity (Wildman–Crippen MR) is 276 cm³/mol. The molecule has 68 heavy (non-hydrogen) atoms. The molecule has 0 saturated carbocycles. The van der Waals surface area contributed by atoms with E-state index < -0.39 is 0 Å². The van der Waals surface area contributed by atoms with Gasteiger partial charge >= 0.3 is 0 Å². The van der Waals surface area contributed by atoms with Crippen molar-refractivity contribution >= 4 is 87.2 Å². The molecule has 1 aliphatic carbocycles. The Labute approximate surface area is 388 Å². The highest BCUT2D eigenvalue weighted by atomic mass is 15.1. The summed E-state index contributed by atoms with van der Waals surface area (Å²) in [6.45, 7) is 0. The molecule has 8 heterocycles. The second kappa shape index (κ2) is 14.2. The number of nitrogens with zero attached hydrogens (tertiary/aromatic N) is 8. The third-order valence-electron chi connectivity index (χ3n) is 14.2. The van der Waals surface area contributed by atoms with Crippen molar-refractivity contribution in [2.75, 3.05) is 0 Å². The standard InChI is InChI=1S/C60H36N8/c1-3-21-61-55(13-1)67-51-19-17-37(43-31-39-9-5-23-63-57(39)59-41(43)11-7-25-65-59)27-47(51)49-29-35-15-16-36-30-50-48-28-38(44-32-40-10-6-24-64-58(40)60-42(44)12-8-26-66-60)18-20-52(48)68(56-14-2-4-22-62-56)54(50)34-46(36)45(35)33-53(49)67/h1-14,17-34H,15-16H2. The number of rotatable bonds is 4. The van der Waals surface area contributed by atoms with E-state index in [9.17, 15) is 0 Å². The van der Waals surface area contributed by atoms with Crippen LogP contribution in [0.25, 0.3) is 132 Å². The van der Waals surface area contributed by atoms with E-state index in [1.807, 2.05) is 73.6 Å². The number of aryl methyl sites for hydroxylation is 2. The topological polar surface area (TPSA) is 87.2 Å². The quantitative estimate of drug-likeness (QED) is 0.164. The smallest absolute Gasteiger partial charge is 0.137 e. The lowest BCUT2D eigenvalue weighted by atomic mass is 9.84. The molecule has 14 aromatic rings. The summed E-state index contributed by atoms with van der Waals surface area (Å²) in [5, 5.41) is 9.11. The van der Waals surface area contributed by atoms with Gasteiger partial charge in [-0.05, 0) is 167 Å². The fraction of sp³-hybridized carbons (Fsp3) is 0.0333. The van der Waals surface area contributed by atoms with Gasteiger partial charge in [-0.15, -0.1) is 0 Å². The monoisotopic (exact) mass is 868 g/mol. The summed E-state index contributed by atoms with van der Waals surface area (Å²) in [6, 6.07) is 56.9. The molecule has 0 bridgehead atoms. The van der Waals surface area contributed by atoms with Crippen LogP contribution in [0.2, 0.25) is 0 Å². The second-order valence-electron chi connectivity index (χ2n) is 17.9. The molecule has 8 heteroatoms. The molecule has 316 valence electrons. The third kappa shape index (κ3) is 5.36. The summed E-state index contributed by atoms with van der Waals surface area (Å²) in [6.07, 6.45) is 13.0. The molecule has 0 unspecified atom stereocenters.